The minimum absolute atomic E-state index is 0.736. The Morgan fingerprint density at radius 3 is 2.85 bits per heavy atom. The Morgan fingerprint density at radius 1 is 1.46 bits per heavy atom. The van der Waals surface area contributed by atoms with Crippen molar-refractivity contribution < 1.29 is 0 Å². The van der Waals surface area contributed by atoms with Crippen LogP contribution in [0.5, 0.6) is 0 Å². The van der Waals surface area contributed by atoms with Gasteiger partial charge in [0, 0.05) is 9.92 Å². The summed E-state index contributed by atoms with van der Waals surface area (Å²) < 4.78 is 0. The van der Waals surface area contributed by atoms with Crippen LogP contribution in [0.15, 0.2) is 23.1 Å². The lowest BCUT2D eigenvalue weighted by Gasteiger charge is -2.06. The Bertz CT molecular complexity index is 276. The number of halogens is 1. The summed E-state index contributed by atoms with van der Waals surface area (Å²) in [5, 5.41) is 0.810. The SMILES string of the molecule is CSc1ccc(Cl)cc1CCCN. The van der Waals surface area contributed by atoms with Crippen LogP contribution >= 0.6 is 23.4 Å². The van der Waals surface area contributed by atoms with Gasteiger partial charge < -0.3 is 5.73 Å². The van der Waals surface area contributed by atoms with Crippen molar-refractivity contribution in [1.82, 2.24) is 0 Å². The third-order valence-corrected chi connectivity index (χ3v) is 2.97. The molecule has 3 heteroatoms. The van der Waals surface area contributed by atoms with Crippen LogP contribution in [0.2, 0.25) is 5.02 Å². The Kier molecular flexibility index (Phi) is 4.64. The molecule has 0 aliphatic rings. The molecular weight excluding hydrogens is 202 g/mol. The maximum atomic E-state index is 5.91. The summed E-state index contributed by atoms with van der Waals surface area (Å²) in [6.07, 6.45) is 4.12. The first-order chi connectivity index (χ1) is 6.27. The first kappa shape index (κ1) is 10.9. The second-order valence-corrected chi connectivity index (χ2v) is 4.13. The molecule has 0 saturated heterocycles. The van der Waals surface area contributed by atoms with Crippen LogP contribution in [-0.2, 0) is 6.42 Å². The van der Waals surface area contributed by atoms with Crippen molar-refractivity contribution in [2.24, 2.45) is 5.73 Å². The molecule has 0 spiro atoms. The summed E-state index contributed by atoms with van der Waals surface area (Å²) in [6, 6.07) is 6.03. The number of nitrogens with two attached hydrogens (primary N) is 1. The highest BCUT2D eigenvalue weighted by Crippen LogP contribution is 2.24. The molecule has 0 unspecified atom stereocenters. The molecule has 0 amide bonds. The Balaban J connectivity index is 2.81. The topological polar surface area (TPSA) is 26.0 Å². The van der Waals surface area contributed by atoms with Crippen LogP contribution in [0.25, 0.3) is 0 Å². The van der Waals surface area contributed by atoms with Gasteiger partial charge in [0.05, 0.1) is 0 Å². The van der Waals surface area contributed by atoms with Crippen LogP contribution < -0.4 is 5.73 Å². The molecule has 1 rings (SSSR count). The maximum Gasteiger partial charge on any atom is 0.0409 e. The van der Waals surface area contributed by atoms with Crippen molar-refractivity contribution >= 4 is 23.4 Å². The molecule has 0 aromatic heterocycles. The Labute approximate surface area is 88.7 Å². The number of hydrogen-bond acceptors (Lipinski definition) is 2. The molecule has 0 atom stereocenters. The van der Waals surface area contributed by atoms with Crippen molar-refractivity contribution in [3.8, 4) is 0 Å². The molecule has 0 fully saturated rings. The Morgan fingerprint density at radius 2 is 2.23 bits per heavy atom. The lowest BCUT2D eigenvalue weighted by molar-refractivity contribution is 0.821. The summed E-state index contributed by atoms with van der Waals surface area (Å²) in [4.78, 5) is 1.30. The van der Waals surface area contributed by atoms with Crippen molar-refractivity contribution in [2.75, 3.05) is 12.8 Å². The summed E-state index contributed by atoms with van der Waals surface area (Å²) in [7, 11) is 0. The predicted octanol–water partition coefficient (Wildman–Crippen LogP) is 2.95. The summed E-state index contributed by atoms with van der Waals surface area (Å²) in [6.45, 7) is 0.736. The van der Waals surface area contributed by atoms with Gasteiger partial charge in [-0.15, -0.1) is 11.8 Å². The van der Waals surface area contributed by atoms with Crippen LogP contribution in [0, 0.1) is 0 Å². The van der Waals surface area contributed by atoms with Gasteiger partial charge in [0.2, 0.25) is 0 Å². The molecule has 0 aliphatic heterocycles. The largest absolute Gasteiger partial charge is 0.330 e. The van der Waals surface area contributed by atoms with Crippen LogP contribution in [-0.4, -0.2) is 12.8 Å². The van der Waals surface area contributed by atoms with Gasteiger partial charge in [0.15, 0.2) is 0 Å². The van der Waals surface area contributed by atoms with Gasteiger partial charge >= 0.3 is 0 Å². The van der Waals surface area contributed by atoms with Gasteiger partial charge in [-0.25, -0.2) is 0 Å². The second-order valence-electron chi connectivity index (χ2n) is 2.85. The fourth-order valence-corrected chi connectivity index (χ4v) is 2.06. The zero-order valence-electron chi connectivity index (χ0n) is 7.72. The molecule has 13 heavy (non-hydrogen) atoms. The molecule has 0 bridgehead atoms. The van der Waals surface area contributed by atoms with E-state index in [1.165, 1.54) is 10.5 Å². The van der Waals surface area contributed by atoms with Crippen molar-refractivity contribution in [2.45, 2.75) is 17.7 Å². The average Bonchev–Trinajstić information content (AvgIpc) is 2.15. The average molecular weight is 216 g/mol. The smallest absolute Gasteiger partial charge is 0.0409 e. The van der Waals surface area contributed by atoms with E-state index >= 15 is 0 Å². The summed E-state index contributed by atoms with van der Waals surface area (Å²) in [5.74, 6) is 0. The van der Waals surface area contributed by atoms with Gasteiger partial charge in [0.1, 0.15) is 0 Å². The van der Waals surface area contributed by atoms with Gasteiger partial charge in [-0.05, 0) is 49.4 Å². The number of rotatable bonds is 4. The van der Waals surface area contributed by atoms with E-state index in [2.05, 4.69) is 12.3 Å². The number of thioether (sulfide) groups is 1. The molecule has 2 N–H and O–H groups in total. The lowest BCUT2D eigenvalue weighted by atomic mass is 10.1. The van der Waals surface area contributed by atoms with Crippen LogP contribution in [0.1, 0.15) is 12.0 Å². The highest BCUT2D eigenvalue weighted by atomic mass is 35.5. The van der Waals surface area contributed by atoms with Gasteiger partial charge in [-0.1, -0.05) is 11.6 Å². The maximum absolute atomic E-state index is 5.91. The highest BCUT2D eigenvalue weighted by Gasteiger charge is 2.01. The first-order valence-electron chi connectivity index (χ1n) is 4.30. The fraction of sp³-hybridized carbons (Fsp3) is 0.400. The van der Waals surface area contributed by atoms with E-state index in [1.807, 2.05) is 12.1 Å². The summed E-state index contributed by atoms with van der Waals surface area (Å²) >= 11 is 7.67. The number of hydrogen-bond donors (Lipinski definition) is 1. The minimum Gasteiger partial charge on any atom is -0.330 e. The zero-order valence-corrected chi connectivity index (χ0v) is 9.29. The van der Waals surface area contributed by atoms with E-state index in [9.17, 15) is 0 Å². The van der Waals surface area contributed by atoms with E-state index < -0.39 is 0 Å². The van der Waals surface area contributed by atoms with Gasteiger partial charge in [0.25, 0.3) is 0 Å². The van der Waals surface area contributed by atoms with Crippen molar-refractivity contribution in [1.29, 1.82) is 0 Å². The fourth-order valence-electron chi connectivity index (χ4n) is 1.24. The monoisotopic (exact) mass is 215 g/mol. The van der Waals surface area contributed by atoms with E-state index in [-0.39, 0.29) is 0 Å². The lowest BCUT2D eigenvalue weighted by Crippen LogP contribution is -2.01. The molecule has 1 aromatic rings. The van der Waals surface area contributed by atoms with Gasteiger partial charge in [-0.2, -0.15) is 0 Å². The molecule has 72 valence electrons. The minimum atomic E-state index is 0.736. The molecule has 0 saturated carbocycles. The van der Waals surface area contributed by atoms with Crippen molar-refractivity contribution in [3.05, 3.63) is 28.8 Å². The highest BCUT2D eigenvalue weighted by molar-refractivity contribution is 7.98. The molecule has 1 aromatic carbocycles. The molecule has 0 heterocycles. The third-order valence-electron chi connectivity index (χ3n) is 1.89. The standard InChI is InChI=1S/C10H14ClNS/c1-13-10-5-4-9(11)7-8(10)3-2-6-12/h4-5,7H,2-3,6,12H2,1H3. The second kappa shape index (κ2) is 5.53. The van der Waals surface area contributed by atoms with E-state index in [0.717, 1.165) is 24.4 Å². The first-order valence-corrected chi connectivity index (χ1v) is 5.90. The molecule has 0 radical (unpaired) electrons. The van der Waals surface area contributed by atoms with Crippen LogP contribution in [0.4, 0.5) is 0 Å². The predicted molar refractivity (Wildman–Crippen MR) is 60.6 cm³/mol. The zero-order chi connectivity index (χ0) is 9.68. The third kappa shape index (κ3) is 3.22. The number of aryl methyl sites for hydroxylation is 1. The molecule has 1 nitrogen and oxygen atoms in total. The Hall–Kier alpha value is -0.180. The van der Waals surface area contributed by atoms with Crippen LogP contribution in [0.3, 0.4) is 0 Å². The molecular formula is C10H14ClNS. The van der Waals surface area contributed by atoms with E-state index in [4.69, 9.17) is 17.3 Å². The van der Waals surface area contributed by atoms with E-state index in [1.54, 1.807) is 11.8 Å². The van der Waals surface area contributed by atoms with E-state index in [0.29, 0.717) is 0 Å². The molecule has 0 aliphatic carbocycles. The van der Waals surface area contributed by atoms with Crippen molar-refractivity contribution in [3.63, 3.8) is 0 Å². The number of benzene rings is 1. The van der Waals surface area contributed by atoms with Gasteiger partial charge in [-0.3, -0.25) is 0 Å². The summed E-state index contributed by atoms with van der Waals surface area (Å²) in [5.41, 5.74) is 6.78. The normalized spacial score (nSPS) is 10.4. The quantitative estimate of drug-likeness (QED) is 0.782.